The average Bonchev–Trinajstić information content (AvgIpc) is 3.01. The van der Waals surface area contributed by atoms with Gasteiger partial charge in [0.05, 0.1) is 0 Å². The fraction of sp³-hybridized carbons (Fsp3) is 0.556. The molecule has 0 saturated carbocycles. The molecule has 0 radical (unpaired) electrons. The second-order valence-electron chi connectivity index (χ2n) is 6.57. The highest BCUT2D eigenvalue weighted by molar-refractivity contribution is 5.95. The van der Waals surface area contributed by atoms with Gasteiger partial charge in [0.2, 0.25) is 0 Å². The predicted octanol–water partition coefficient (Wildman–Crippen LogP) is 2.98. The minimum atomic E-state index is -0.0287. The van der Waals surface area contributed by atoms with Crippen LogP contribution in [0.25, 0.3) is 0 Å². The number of rotatable bonds is 3. The molecule has 1 aromatic carbocycles. The number of fused-ring (bicyclic) bond motifs is 1. The van der Waals surface area contributed by atoms with Gasteiger partial charge in [-0.15, -0.1) is 0 Å². The number of carbonyl (C=O) groups excluding carboxylic acids is 2. The Labute approximate surface area is 137 Å². The molecule has 0 aliphatic carbocycles. The van der Waals surface area contributed by atoms with Crippen LogP contribution in [0, 0.1) is 0 Å². The molecule has 0 spiro atoms. The van der Waals surface area contributed by atoms with E-state index < -0.39 is 0 Å². The molecule has 3 rings (SSSR count). The van der Waals surface area contributed by atoms with E-state index in [0.29, 0.717) is 11.6 Å². The number of anilines is 1. The number of piperazine rings is 1. The summed E-state index contributed by atoms with van der Waals surface area (Å²) in [6, 6.07) is 7.86. The van der Waals surface area contributed by atoms with Crippen LogP contribution in [0.1, 0.15) is 43.5 Å². The first-order chi connectivity index (χ1) is 11.1. The third-order valence-corrected chi connectivity index (χ3v) is 5.07. The maximum atomic E-state index is 12.7. The van der Waals surface area contributed by atoms with Gasteiger partial charge in [-0.25, -0.2) is 4.79 Å². The molecular weight excluding hydrogens is 290 g/mol. The minimum absolute atomic E-state index is 0.0287. The van der Waals surface area contributed by atoms with Crippen molar-refractivity contribution in [3.05, 3.63) is 29.8 Å². The summed E-state index contributed by atoms with van der Waals surface area (Å²) in [5.74, 6) is 0.0336. The Balaban J connectivity index is 1.67. The highest BCUT2D eigenvalue weighted by Crippen LogP contribution is 2.26. The summed E-state index contributed by atoms with van der Waals surface area (Å²) in [6.45, 7) is 6.65. The van der Waals surface area contributed by atoms with Gasteiger partial charge in [0.1, 0.15) is 0 Å². The van der Waals surface area contributed by atoms with Crippen LogP contribution in [0.4, 0.5) is 10.5 Å². The SMILES string of the molecule is CC[C@@H]1CN2CCC[C@@H]2CN1C(=O)Nc1ccc(C(C)=O)cc1. The lowest BCUT2D eigenvalue weighted by atomic mass is 10.1. The number of urea groups is 1. The number of amides is 2. The second kappa shape index (κ2) is 6.71. The van der Waals surface area contributed by atoms with Crippen LogP contribution in [0.5, 0.6) is 0 Å². The number of hydrogen-bond donors (Lipinski definition) is 1. The lowest BCUT2D eigenvalue weighted by Crippen LogP contribution is -2.58. The van der Waals surface area contributed by atoms with Crippen molar-refractivity contribution in [1.82, 2.24) is 9.80 Å². The molecule has 2 atom stereocenters. The fourth-order valence-electron chi connectivity index (χ4n) is 3.67. The van der Waals surface area contributed by atoms with Crippen molar-refractivity contribution in [3.63, 3.8) is 0 Å². The van der Waals surface area contributed by atoms with Crippen molar-refractivity contribution in [2.75, 3.05) is 25.0 Å². The fourth-order valence-corrected chi connectivity index (χ4v) is 3.67. The smallest absolute Gasteiger partial charge is 0.319 e. The Hall–Kier alpha value is -1.88. The van der Waals surface area contributed by atoms with Gasteiger partial charge in [-0.3, -0.25) is 9.69 Å². The highest BCUT2D eigenvalue weighted by atomic mass is 16.2. The van der Waals surface area contributed by atoms with Crippen molar-refractivity contribution in [3.8, 4) is 0 Å². The molecule has 0 aromatic heterocycles. The average molecular weight is 315 g/mol. The Morgan fingerprint density at radius 2 is 1.96 bits per heavy atom. The lowest BCUT2D eigenvalue weighted by molar-refractivity contribution is 0.0767. The zero-order chi connectivity index (χ0) is 16.4. The molecule has 1 aromatic rings. The standard InChI is InChI=1S/C18H25N3O2/c1-3-16-11-20-10-4-5-17(20)12-21(16)18(23)19-15-8-6-14(7-9-15)13(2)22/h6-9,16-17H,3-5,10-12H2,1-2H3,(H,19,23)/t16-,17-/m1/s1. The zero-order valence-electron chi connectivity index (χ0n) is 13.9. The van der Waals surface area contributed by atoms with Gasteiger partial charge in [-0.05, 0) is 57.0 Å². The second-order valence-corrected chi connectivity index (χ2v) is 6.57. The Kier molecular flexibility index (Phi) is 4.66. The molecule has 1 N–H and O–H groups in total. The van der Waals surface area contributed by atoms with E-state index in [1.54, 1.807) is 31.2 Å². The van der Waals surface area contributed by atoms with Gasteiger partial charge < -0.3 is 10.2 Å². The highest BCUT2D eigenvalue weighted by Gasteiger charge is 2.37. The first kappa shape index (κ1) is 16.0. The molecule has 2 fully saturated rings. The van der Waals surface area contributed by atoms with Crippen LogP contribution < -0.4 is 5.32 Å². The van der Waals surface area contributed by atoms with Gasteiger partial charge in [-0.1, -0.05) is 6.92 Å². The molecule has 2 aliphatic heterocycles. The van der Waals surface area contributed by atoms with E-state index in [-0.39, 0.29) is 17.9 Å². The minimum Gasteiger partial charge on any atom is -0.319 e. The van der Waals surface area contributed by atoms with Gasteiger partial charge in [-0.2, -0.15) is 0 Å². The Morgan fingerprint density at radius 3 is 2.61 bits per heavy atom. The van der Waals surface area contributed by atoms with Crippen LogP contribution in [-0.2, 0) is 0 Å². The van der Waals surface area contributed by atoms with E-state index in [1.807, 2.05) is 4.90 Å². The van der Waals surface area contributed by atoms with Crippen LogP contribution >= 0.6 is 0 Å². The monoisotopic (exact) mass is 315 g/mol. The summed E-state index contributed by atoms with van der Waals surface area (Å²) in [4.78, 5) is 28.5. The number of nitrogens with zero attached hydrogens (tertiary/aromatic N) is 2. The van der Waals surface area contributed by atoms with Crippen molar-refractivity contribution in [2.45, 2.75) is 45.2 Å². The first-order valence-corrected chi connectivity index (χ1v) is 8.51. The van der Waals surface area contributed by atoms with Crippen LogP contribution in [0.15, 0.2) is 24.3 Å². The van der Waals surface area contributed by atoms with Crippen LogP contribution in [0.2, 0.25) is 0 Å². The van der Waals surface area contributed by atoms with E-state index in [2.05, 4.69) is 17.1 Å². The maximum absolute atomic E-state index is 12.7. The van der Waals surface area contributed by atoms with Gasteiger partial charge in [0.15, 0.2) is 5.78 Å². The summed E-state index contributed by atoms with van der Waals surface area (Å²) < 4.78 is 0. The summed E-state index contributed by atoms with van der Waals surface area (Å²) in [5.41, 5.74) is 1.40. The molecule has 5 heteroatoms. The quantitative estimate of drug-likeness (QED) is 0.873. The molecule has 23 heavy (non-hydrogen) atoms. The third-order valence-electron chi connectivity index (χ3n) is 5.07. The van der Waals surface area contributed by atoms with Crippen molar-refractivity contribution < 1.29 is 9.59 Å². The number of carbonyl (C=O) groups is 2. The van der Waals surface area contributed by atoms with E-state index in [1.165, 1.54) is 19.4 Å². The van der Waals surface area contributed by atoms with E-state index in [0.717, 1.165) is 25.2 Å². The molecule has 2 amide bonds. The molecule has 124 valence electrons. The molecule has 2 aliphatic rings. The zero-order valence-corrected chi connectivity index (χ0v) is 13.9. The normalized spacial score (nSPS) is 24.3. The number of ketones is 1. The van der Waals surface area contributed by atoms with Crippen LogP contribution in [-0.4, -0.2) is 53.3 Å². The third kappa shape index (κ3) is 3.39. The van der Waals surface area contributed by atoms with Crippen molar-refractivity contribution in [1.29, 1.82) is 0 Å². The summed E-state index contributed by atoms with van der Waals surface area (Å²) in [5, 5.41) is 2.98. The molecular formula is C18H25N3O2. The number of Topliss-reactive ketones (excluding diaryl/α,β-unsaturated/α-hetero) is 1. The lowest BCUT2D eigenvalue weighted by Gasteiger charge is -2.43. The van der Waals surface area contributed by atoms with Gasteiger partial charge >= 0.3 is 6.03 Å². The van der Waals surface area contributed by atoms with E-state index >= 15 is 0 Å². The van der Waals surface area contributed by atoms with Crippen LogP contribution in [0.3, 0.4) is 0 Å². The van der Waals surface area contributed by atoms with E-state index in [4.69, 9.17) is 0 Å². The Bertz CT molecular complexity index is 584. The topological polar surface area (TPSA) is 52.6 Å². The number of hydrogen-bond acceptors (Lipinski definition) is 3. The summed E-state index contributed by atoms with van der Waals surface area (Å²) in [6.07, 6.45) is 3.40. The van der Waals surface area contributed by atoms with Gasteiger partial charge in [0, 0.05) is 36.4 Å². The summed E-state index contributed by atoms with van der Waals surface area (Å²) in [7, 11) is 0. The predicted molar refractivity (Wildman–Crippen MR) is 90.8 cm³/mol. The van der Waals surface area contributed by atoms with Crippen molar-refractivity contribution >= 4 is 17.5 Å². The molecule has 2 heterocycles. The van der Waals surface area contributed by atoms with E-state index in [9.17, 15) is 9.59 Å². The molecule has 0 bridgehead atoms. The molecule has 5 nitrogen and oxygen atoms in total. The first-order valence-electron chi connectivity index (χ1n) is 8.51. The molecule has 0 unspecified atom stereocenters. The van der Waals surface area contributed by atoms with Gasteiger partial charge in [0.25, 0.3) is 0 Å². The number of nitrogens with one attached hydrogen (secondary N) is 1. The Morgan fingerprint density at radius 1 is 1.22 bits per heavy atom. The number of benzene rings is 1. The molecule has 2 saturated heterocycles. The largest absolute Gasteiger partial charge is 0.322 e. The maximum Gasteiger partial charge on any atom is 0.322 e. The summed E-state index contributed by atoms with van der Waals surface area (Å²) >= 11 is 0. The van der Waals surface area contributed by atoms with Crippen molar-refractivity contribution in [2.24, 2.45) is 0 Å².